The molecule has 0 bridgehead atoms. The summed E-state index contributed by atoms with van der Waals surface area (Å²) in [7, 11) is -3.88. The van der Waals surface area contributed by atoms with Crippen molar-refractivity contribution in [2.24, 2.45) is 5.73 Å². The van der Waals surface area contributed by atoms with Gasteiger partial charge in [0.25, 0.3) is 0 Å². The number of aliphatic hydroxyl groups is 1. The van der Waals surface area contributed by atoms with E-state index < -0.39 is 27.1 Å². The fourth-order valence-electron chi connectivity index (χ4n) is 2.55. The van der Waals surface area contributed by atoms with Gasteiger partial charge >= 0.3 is 0 Å². The number of rotatable bonds is 7. The van der Waals surface area contributed by atoms with E-state index in [-0.39, 0.29) is 31.9 Å². The SMILES string of the molecule is CC(C)c1ccccc1S(=O)(=O)c1cc(C(N)=O)c(CC(=O)C(C)(C)O)s1. The maximum absolute atomic E-state index is 13.2. The second kappa shape index (κ2) is 7.53. The number of Topliss-reactive ketones (excluding diaryl/α,β-unsaturated/α-hetero) is 1. The Balaban J connectivity index is 2.58. The second-order valence-electron chi connectivity index (χ2n) is 7.12. The molecule has 0 unspecified atom stereocenters. The lowest BCUT2D eigenvalue weighted by molar-refractivity contribution is -0.133. The lowest BCUT2D eigenvalue weighted by Crippen LogP contribution is -2.32. The zero-order chi connectivity index (χ0) is 20.6. The molecule has 0 aliphatic rings. The number of carbonyl (C=O) groups is 2. The molecular formula is C19H23NO5S2. The van der Waals surface area contributed by atoms with E-state index in [1.54, 1.807) is 18.2 Å². The van der Waals surface area contributed by atoms with Gasteiger partial charge < -0.3 is 10.8 Å². The third kappa shape index (κ3) is 4.45. The van der Waals surface area contributed by atoms with Crippen molar-refractivity contribution in [2.75, 3.05) is 0 Å². The summed E-state index contributed by atoms with van der Waals surface area (Å²) in [5.41, 5.74) is 4.43. The van der Waals surface area contributed by atoms with Gasteiger partial charge in [0.05, 0.1) is 10.5 Å². The maximum Gasteiger partial charge on any atom is 0.249 e. The van der Waals surface area contributed by atoms with Crippen molar-refractivity contribution in [3.05, 3.63) is 46.3 Å². The lowest BCUT2D eigenvalue weighted by Gasteiger charge is -2.14. The summed E-state index contributed by atoms with van der Waals surface area (Å²) in [5, 5.41) is 9.84. The summed E-state index contributed by atoms with van der Waals surface area (Å²) in [6.07, 6.45) is -0.270. The van der Waals surface area contributed by atoms with Crippen molar-refractivity contribution in [2.45, 2.75) is 54.7 Å². The molecule has 146 valence electrons. The number of hydrogen-bond donors (Lipinski definition) is 2. The van der Waals surface area contributed by atoms with Gasteiger partial charge in [-0.15, -0.1) is 11.3 Å². The van der Waals surface area contributed by atoms with Crippen molar-refractivity contribution in [1.29, 1.82) is 0 Å². The molecule has 0 radical (unpaired) electrons. The molecule has 1 aromatic heterocycles. The Morgan fingerprint density at radius 3 is 2.33 bits per heavy atom. The number of amides is 1. The zero-order valence-electron chi connectivity index (χ0n) is 15.6. The van der Waals surface area contributed by atoms with Crippen LogP contribution in [0.1, 0.15) is 54.4 Å². The topological polar surface area (TPSA) is 115 Å². The van der Waals surface area contributed by atoms with Gasteiger partial charge in [-0.25, -0.2) is 8.42 Å². The van der Waals surface area contributed by atoms with Crippen LogP contribution in [0.25, 0.3) is 0 Å². The van der Waals surface area contributed by atoms with E-state index >= 15 is 0 Å². The number of primary amides is 1. The molecule has 1 aromatic carbocycles. The summed E-state index contributed by atoms with van der Waals surface area (Å²) in [5.74, 6) is -1.36. The molecule has 0 saturated heterocycles. The molecular weight excluding hydrogens is 386 g/mol. The number of thiophene rings is 1. The van der Waals surface area contributed by atoms with Crippen molar-refractivity contribution in [1.82, 2.24) is 0 Å². The monoisotopic (exact) mass is 409 g/mol. The number of sulfone groups is 1. The molecule has 0 spiro atoms. The highest BCUT2D eigenvalue weighted by Crippen LogP contribution is 2.35. The van der Waals surface area contributed by atoms with Crippen LogP contribution in [0.4, 0.5) is 0 Å². The summed E-state index contributed by atoms with van der Waals surface area (Å²) in [4.78, 5) is 24.3. The Morgan fingerprint density at radius 2 is 1.81 bits per heavy atom. The van der Waals surface area contributed by atoms with Crippen LogP contribution in [0.5, 0.6) is 0 Å². The van der Waals surface area contributed by atoms with E-state index in [1.807, 2.05) is 13.8 Å². The van der Waals surface area contributed by atoms with Crippen LogP contribution in [0.3, 0.4) is 0 Å². The molecule has 27 heavy (non-hydrogen) atoms. The van der Waals surface area contributed by atoms with Crippen LogP contribution in [0.2, 0.25) is 0 Å². The molecule has 6 nitrogen and oxygen atoms in total. The van der Waals surface area contributed by atoms with E-state index in [1.165, 1.54) is 26.0 Å². The molecule has 1 amide bonds. The zero-order valence-corrected chi connectivity index (χ0v) is 17.3. The van der Waals surface area contributed by atoms with Crippen molar-refractivity contribution >= 4 is 32.9 Å². The number of hydrogen-bond acceptors (Lipinski definition) is 6. The van der Waals surface area contributed by atoms with Crippen molar-refractivity contribution in [3.63, 3.8) is 0 Å². The Hall–Kier alpha value is -2.03. The summed E-state index contributed by atoms with van der Waals surface area (Å²) >= 11 is 0.834. The van der Waals surface area contributed by atoms with Crippen LogP contribution in [-0.2, 0) is 21.1 Å². The molecule has 1 heterocycles. The van der Waals surface area contributed by atoms with Crippen LogP contribution in [0.15, 0.2) is 39.4 Å². The maximum atomic E-state index is 13.2. The first-order valence-corrected chi connectivity index (χ1v) is 10.7. The smallest absolute Gasteiger partial charge is 0.249 e. The van der Waals surface area contributed by atoms with Crippen LogP contribution in [0, 0.1) is 0 Å². The highest BCUT2D eigenvalue weighted by molar-refractivity contribution is 7.93. The molecule has 8 heteroatoms. The fourth-order valence-corrected chi connectivity index (χ4v) is 5.81. The minimum atomic E-state index is -3.88. The van der Waals surface area contributed by atoms with Gasteiger partial charge in [-0.1, -0.05) is 32.0 Å². The molecule has 0 fully saturated rings. The Bertz CT molecular complexity index is 982. The Morgan fingerprint density at radius 1 is 1.22 bits per heavy atom. The first kappa shape index (κ1) is 21.3. The van der Waals surface area contributed by atoms with Crippen LogP contribution < -0.4 is 5.73 Å². The van der Waals surface area contributed by atoms with Gasteiger partial charge in [0, 0.05) is 11.3 Å². The predicted molar refractivity (Wildman–Crippen MR) is 104 cm³/mol. The average molecular weight is 410 g/mol. The minimum absolute atomic E-state index is 0.0113. The second-order valence-corrected chi connectivity index (χ2v) is 10.4. The van der Waals surface area contributed by atoms with Crippen molar-refractivity contribution in [3.8, 4) is 0 Å². The molecule has 0 aliphatic carbocycles. The predicted octanol–water partition coefficient (Wildman–Crippen LogP) is 2.69. The van der Waals surface area contributed by atoms with E-state index in [2.05, 4.69) is 0 Å². The third-order valence-electron chi connectivity index (χ3n) is 4.15. The average Bonchev–Trinajstić information content (AvgIpc) is 2.98. The molecule has 0 atom stereocenters. The molecule has 0 saturated carbocycles. The largest absolute Gasteiger partial charge is 0.383 e. The van der Waals surface area contributed by atoms with E-state index in [0.29, 0.717) is 5.56 Å². The Kier molecular flexibility index (Phi) is 5.94. The van der Waals surface area contributed by atoms with Gasteiger partial charge in [-0.2, -0.15) is 0 Å². The van der Waals surface area contributed by atoms with Gasteiger partial charge in [-0.3, -0.25) is 9.59 Å². The van der Waals surface area contributed by atoms with E-state index in [4.69, 9.17) is 5.73 Å². The van der Waals surface area contributed by atoms with Gasteiger partial charge in [0.15, 0.2) is 5.78 Å². The number of benzene rings is 1. The van der Waals surface area contributed by atoms with Crippen LogP contribution >= 0.6 is 11.3 Å². The molecule has 2 rings (SSSR count). The molecule has 3 N–H and O–H groups in total. The number of nitrogens with two attached hydrogens (primary N) is 1. The molecule has 0 aliphatic heterocycles. The first-order valence-electron chi connectivity index (χ1n) is 8.38. The number of carbonyl (C=O) groups excluding carboxylic acids is 2. The third-order valence-corrected chi connectivity index (χ3v) is 7.59. The minimum Gasteiger partial charge on any atom is -0.383 e. The standard InChI is InChI=1S/C19H23NO5S2/c1-11(2)12-7-5-6-8-15(12)27(24,25)17-9-13(18(20)22)14(26-17)10-16(21)19(3,4)23/h5-9,11,23H,10H2,1-4H3,(H2,20,22). The highest BCUT2D eigenvalue weighted by Gasteiger charge is 2.30. The van der Waals surface area contributed by atoms with E-state index in [9.17, 15) is 23.1 Å². The van der Waals surface area contributed by atoms with Gasteiger partial charge in [0.2, 0.25) is 15.7 Å². The Labute approximate surface area is 162 Å². The van der Waals surface area contributed by atoms with Gasteiger partial charge in [-0.05, 0) is 37.5 Å². The summed E-state index contributed by atoms with van der Waals surface area (Å²) in [6.45, 7) is 6.46. The highest BCUT2D eigenvalue weighted by atomic mass is 32.2. The normalized spacial score (nSPS) is 12.4. The lowest BCUT2D eigenvalue weighted by atomic mass is 9.99. The fraction of sp³-hybridized carbons (Fsp3) is 0.368. The van der Waals surface area contributed by atoms with Crippen LogP contribution in [-0.4, -0.2) is 30.8 Å². The number of ketones is 1. The van der Waals surface area contributed by atoms with E-state index in [0.717, 1.165) is 11.3 Å². The first-order chi connectivity index (χ1) is 12.4. The van der Waals surface area contributed by atoms with Crippen molar-refractivity contribution < 1.29 is 23.1 Å². The quantitative estimate of drug-likeness (QED) is 0.730. The summed E-state index contributed by atoms with van der Waals surface area (Å²) < 4.78 is 26.3. The van der Waals surface area contributed by atoms with Gasteiger partial charge in [0.1, 0.15) is 9.81 Å². The summed E-state index contributed by atoms with van der Waals surface area (Å²) in [6, 6.07) is 7.90. The molecule has 2 aromatic rings.